The monoisotopic (exact) mass is 338 g/mol. The molecule has 3 rings (SSSR count). The zero-order valence-electron chi connectivity index (χ0n) is 15.1. The third-order valence-electron chi connectivity index (χ3n) is 4.94. The summed E-state index contributed by atoms with van der Waals surface area (Å²) < 4.78 is 0. The second kappa shape index (κ2) is 7.21. The van der Waals surface area contributed by atoms with Gasteiger partial charge in [-0.3, -0.25) is 14.8 Å². The molecule has 3 unspecified atom stereocenters. The summed E-state index contributed by atoms with van der Waals surface area (Å²) in [7, 11) is 1.77. The first-order valence-corrected chi connectivity index (χ1v) is 8.83. The number of anilines is 1. The van der Waals surface area contributed by atoms with Gasteiger partial charge in [-0.1, -0.05) is 13.0 Å². The predicted molar refractivity (Wildman–Crippen MR) is 104 cm³/mol. The van der Waals surface area contributed by atoms with Crippen LogP contribution in [-0.2, 0) is 4.79 Å². The smallest absolute Gasteiger partial charge is 0.216 e. The molecule has 3 atom stereocenters. The van der Waals surface area contributed by atoms with Gasteiger partial charge in [-0.15, -0.1) is 0 Å². The highest BCUT2D eigenvalue weighted by Gasteiger charge is 2.41. The Morgan fingerprint density at radius 1 is 1.48 bits per heavy atom. The molecule has 25 heavy (non-hydrogen) atoms. The van der Waals surface area contributed by atoms with E-state index in [-0.39, 0.29) is 5.91 Å². The molecule has 1 aromatic carbocycles. The van der Waals surface area contributed by atoms with E-state index in [0.29, 0.717) is 24.3 Å². The molecule has 2 aliphatic rings. The van der Waals surface area contributed by atoms with E-state index in [1.54, 1.807) is 14.0 Å². The lowest BCUT2D eigenvalue weighted by atomic mass is 9.87. The van der Waals surface area contributed by atoms with Crippen LogP contribution in [0.2, 0.25) is 0 Å². The Labute approximate surface area is 149 Å². The minimum atomic E-state index is 0.0203. The van der Waals surface area contributed by atoms with Crippen molar-refractivity contribution in [2.24, 2.45) is 21.8 Å². The maximum absolute atomic E-state index is 11.2. The van der Waals surface area contributed by atoms with Crippen molar-refractivity contribution >= 4 is 29.6 Å². The van der Waals surface area contributed by atoms with Gasteiger partial charge >= 0.3 is 0 Å². The van der Waals surface area contributed by atoms with E-state index in [1.807, 2.05) is 24.7 Å². The molecule has 1 aromatic rings. The number of nitrogens with two attached hydrogens (primary N) is 1. The first-order valence-electron chi connectivity index (χ1n) is 8.83. The fraction of sp³-hybridized carbons (Fsp3) is 0.450. The Balaban J connectivity index is 1.99. The Hall–Kier alpha value is -2.43. The number of amides is 1. The second-order valence-corrected chi connectivity index (χ2v) is 7.09. The van der Waals surface area contributed by atoms with E-state index < -0.39 is 0 Å². The highest BCUT2D eigenvalue weighted by atomic mass is 16.1. The van der Waals surface area contributed by atoms with Crippen LogP contribution in [0.25, 0.3) is 5.57 Å². The molecule has 3 N–H and O–H groups in total. The van der Waals surface area contributed by atoms with E-state index in [4.69, 9.17) is 5.73 Å². The lowest BCUT2D eigenvalue weighted by Crippen LogP contribution is -2.22. The molecule has 1 heterocycles. The van der Waals surface area contributed by atoms with E-state index >= 15 is 0 Å². The van der Waals surface area contributed by atoms with Crippen LogP contribution < -0.4 is 11.1 Å². The number of carbonyl (C=O) groups is 1. The highest BCUT2D eigenvalue weighted by Crippen LogP contribution is 2.51. The summed E-state index contributed by atoms with van der Waals surface area (Å²) in [5, 5.41) is 2.94. The van der Waals surface area contributed by atoms with Gasteiger partial charge in [0.05, 0.1) is 0 Å². The number of rotatable bonds is 5. The zero-order chi connectivity index (χ0) is 18.0. The van der Waals surface area contributed by atoms with Gasteiger partial charge in [-0.25, -0.2) is 0 Å². The minimum absolute atomic E-state index is 0.0203. The summed E-state index contributed by atoms with van der Waals surface area (Å²) in [5.74, 6) is 1.31. The Morgan fingerprint density at radius 3 is 2.96 bits per heavy atom. The van der Waals surface area contributed by atoms with Crippen LogP contribution in [0.5, 0.6) is 0 Å². The van der Waals surface area contributed by atoms with Crippen molar-refractivity contribution < 1.29 is 4.79 Å². The summed E-state index contributed by atoms with van der Waals surface area (Å²) >= 11 is 0. The van der Waals surface area contributed by atoms with E-state index in [1.165, 1.54) is 16.7 Å². The SMILES string of the molecule is CN=Cc1c(N)ccc(C2=CN=CC(C)C2)c1C1CC1CNC(C)=O. The third-order valence-corrected chi connectivity index (χ3v) is 4.94. The number of carbonyl (C=O) groups excluding carboxylic acids is 1. The molecule has 0 radical (unpaired) electrons. The molecule has 1 aliphatic carbocycles. The van der Waals surface area contributed by atoms with Gasteiger partial charge in [-0.05, 0) is 53.4 Å². The molecule has 0 saturated heterocycles. The first kappa shape index (κ1) is 17.4. The number of nitrogen functional groups attached to an aromatic ring is 1. The summed E-state index contributed by atoms with van der Waals surface area (Å²) in [6, 6.07) is 4.08. The molecular weight excluding hydrogens is 312 g/mol. The van der Waals surface area contributed by atoms with Crippen LogP contribution in [0.3, 0.4) is 0 Å². The number of aliphatic imine (C=N–C) groups is 2. The summed E-state index contributed by atoms with van der Waals surface area (Å²) in [6.07, 6.45) is 7.86. The number of hydrogen-bond donors (Lipinski definition) is 2. The van der Waals surface area contributed by atoms with Crippen LogP contribution in [0.1, 0.15) is 49.3 Å². The lowest BCUT2D eigenvalue weighted by molar-refractivity contribution is -0.119. The van der Waals surface area contributed by atoms with Gasteiger partial charge in [0.1, 0.15) is 0 Å². The summed E-state index contributed by atoms with van der Waals surface area (Å²) in [5.41, 5.74) is 11.8. The standard InChI is InChI=1S/C20H26N4O/c1-12-6-14(9-23-8-12)16-4-5-19(21)18(11-22-3)20(16)17-7-15(17)10-24-13(2)25/h4-5,8-9,11-12,15,17H,6-7,10,21H2,1-3H3,(H,24,25). The van der Waals surface area contributed by atoms with Crippen LogP contribution in [-0.4, -0.2) is 31.9 Å². The predicted octanol–water partition coefficient (Wildman–Crippen LogP) is 3.01. The van der Waals surface area contributed by atoms with Crippen molar-refractivity contribution in [3.8, 4) is 0 Å². The van der Waals surface area contributed by atoms with Gasteiger partial charge in [0.25, 0.3) is 0 Å². The van der Waals surface area contributed by atoms with Crippen molar-refractivity contribution in [2.45, 2.75) is 32.6 Å². The molecule has 0 spiro atoms. The molecule has 0 aromatic heterocycles. The molecule has 1 amide bonds. The number of nitrogens with one attached hydrogen (secondary N) is 1. The first-order chi connectivity index (χ1) is 12.0. The Bertz CT molecular complexity index is 763. The lowest BCUT2D eigenvalue weighted by Gasteiger charge is -2.20. The highest BCUT2D eigenvalue weighted by molar-refractivity contribution is 5.93. The molecular formula is C20H26N4O. The largest absolute Gasteiger partial charge is 0.398 e. The molecule has 5 nitrogen and oxygen atoms in total. The average Bonchev–Trinajstić information content (AvgIpc) is 3.34. The molecule has 1 aliphatic heterocycles. The quantitative estimate of drug-likeness (QED) is 0.639. The average molecular weight is 338 g/mol. The van der Waals surface area contributed by atoms with Crippen LogP contribution in [0, 0.1) is 11.8 Å². The van der Waals surface area contributed by atoms with Gasteiger partial charge in [-0.2, -0.15) is 0 Å². The topological polar surface area (TPSA) is 79.8 Å². The minimum Gasteiger partial charge on any atom is -0.398 e. The third kappa shape index (κ3) is 3.81. The molecule has 1 fully saturated rings. The van der Waals surface area contributed by atoms with Crippen molar-refractivity contribution in [1.82, 2.24) is 5.32 Å². The number of hydrogen-bond acceptors (Lipinski definition) is 4. The van der Waals surface area contributed by atoms with Crippen LogP contribution in [0.15, 0.2) is 28.3 Å². The molecule has 5 heteroatoms. The van der Waals surface area contributed by atoms with Crippen molar-refractivity contribution in [3.63, 3.8) is 0 Å². The molecule has 0 bridgehead atoms. The van der Waals surface area contributed by atoms with Gasteiger partial charge in [0, 0.05) is 50.4 Å². The van der Waals surface area contributed by atoms with Crippen LogP contribution >= 0.6 is 0 Å². The fourth-order valence-corrected chi connectivity index (χ4v) is 3.62. The van der Waals surface area contributed by atoms with Crippen molar-refractivity contribution in [1.29, 1.82) is 0 Å². The van der Waals surface area contributed by atoms with Gasteiger partial charge < -0.3 is 11.1 Å². The summed E-state index contributed by atoms with van der Waals surface area (Å²) in [6.45, 7) is 4.45. The second-order valence-electron chi connectivity index (χ2n) is 7.09. The normalized spacial score (nSPS) is 25.1. The number of allylic oxidation sites excluding steroid dienone is 1. The van der Waals surface area contributed by atoms with Gasteiger partial charge in [0.2, 0.25) is 5.91 Å². The maximum atomic E-state index is 11.2. The Kier molecular flexibility index (Phi) is 5.02. The van der Waals surface area contributed by atoms with E-state index in [9.17, 15) is 4.79 Å². The number of benzene rings is 1. The fourth-order valence-electron chi connectivity index (χ4n) is 3.62. The Morgan fingerprint density at radius 2 is 2.28 bits per heavy atom. The van der Waals surface area contributed by atoms with Crippen molar-refractivity contribution in [3.05, 3.63) is 35.0 Å². The zero-order valence-corrected chi connectivity index (χ0v) is 15.1. The van der Waals surface area contributed by atoms with E-state index in [0.717, 1.165) is 24.1 Å². The maximum Gasteiger partial charge on any atom is 0.216 e. The summed E-state index contributed by atoms with van der Waals surface area (Å²) in [4.78, 5) is 19.8. The number of nitrogens with zero attached hydrogens (tertiary/aromatic N) is 2. The molecule has 132 valence electrons. The van der Waals surface area contributed by atoms with Crippen LogP contribution in [0.4, 0.5) is 5.69 Å². The van der Waals surface area contributed by atoms with E-state index in [2.05, 4.69) is 28.3 Å². The molecule has 1 saturated carbocycles. The van der Waals surface area contributed by atoms with Gasteiger partial charge in [0.15, 0.2) is 0 Å². The van der Waals surface area contributed by atoms with Crippen molar-refractivity contribution in [2.75, 3.05) is 19.3 Å².